The summed E-state index contributed by atoms with van der Waals surface area (Å²) in [6.07, 6.45) is 2.01. The van der Waals surface area contributed by atoms with Crippen LogP contribution in [-0.2, 0) is 13.1 Å². The molecule has 0 amide bonds. The van der Waals surface area contributed by atoms with Gasteiger partial charge in [0.15, 0.2) is 0 Å². The Balaban J connectivity index is 1.51. The molecule has 5 aromatic rings. The monoisotopic (exact) mass is 492 g/mol. The predicted octanol–water partition coefficient (Wildman–Crippen LogP) is 4.10. The molecule has 8 nitrogen and oxygen atoms in total. The second-order valence-electron chi connectivity index (χ2n) is 7.48. The SMILES string of the molecule is COc1ccc(Cn2c(=O)c3sccc3n(Cc3nc(-c4ccc(SC)cc4)no3)c2=O)cc1. The van der Waals surface area contributed by atoms with Gasteiger partial charge in [-0.15, -0.1) is 23.1 Å². The first-order valence-electron chi connectivity index (χ1n) is 10.4. The number of ether oxygens (including phenoxy) is 1. The summed E-state index contributed by atoms with van der Waals surface area (Å²) in [7, 11) is 1.59. The summed E-state index contributed by atoms with van der Waals surface area (Å²) in [4.78, 5) is 32.1. The fourth-order valence-corrected chi connectivity index (χ4v) is 4.90. The number of hydrogen-bond acceptors (Lipinski definition) is 8. The van der Waals surface area contributed by atoms with Gasteiger partial charge in [-0.2, -0.15) is 4.98 Å². The molecule has 0 saturated carbocycles. The molecule has 0 spiro atoms. The lowest BCUT2D eigenvalue weighted by molar-refractivity contribution is 0.369. The molecule has 2 aromatic carbocycles. The molecule has 0 atom stereocenters. The lowest BCUT2D eigenvalue weighted by Crippen LogP contribution is -2.40. The van der Waals surface area contributed by atoms with Crippen LogP contribution in [0.25, 0.3) is 21.6 Å². The van der Waals surface area contributed by atoms with Gasteiger partial charge in [0.25, 0.3) is 5.56 Å². The van der Waals surface area contributed by atoms with Crippen LogP contribution in [0.4, 0.5) is 0 Å². The van der Waals surface area contributed by atoms with Crippen LogP contribution in [0.15, 0.2) is 79.0 Å². The van der Waals surface area contributed by atoms with E-state index in [1.54, 1.807) is 42.5 Å². The van der Waals surface area contributed by atoms with Crippen LogP contribution in [0.2, 0.25) is 0 Å². The highest BCUT2D eigenvalue weighted by Crippen LogP contribution is 2.22. The first-order valence-corrected chi connectivity index (χ1v) is 12.5. The standard InChI is InChI=1S/C24H20N4O4S2/c1-31-17-7-3-15(4-8-17)13-28-23(29)21-19(11-12-34-21)27(24(28)30)14-20-25-22(26-32-20)16-5-9-18(33-2)10-6-16/h3-12H,13-14H2,1-2H3. The lowest BCUT2D eigenvalue weighted by Gasteiger charge is -2.11. The van der Waals surface area contributed by atoms with E-state index in [-0.39, 0.29) is 24.5 Å². The van der Waals surface area contributed by atoms with E-state index in [9.17, 15) is 9.59 Å². The summed E-state index contributed by atoms with van der Waals surface area (Å²) in [6.45, 7) is 0.206. The third-order valence-corrected chi connectivity index (χ3v) is 7.08. The van der Waals surface area contributed by atoms with E-state index < -0.39 is 5.69 Å². The van der Waals surface area contributed by atoms with Crippen LogP contribution in [0, 0.1) is 0 Å². The van der Waals surface area contributed by atoms with Gasteiger partial charge < -0.3 is 9.26 Å². The van der Waals surface area contributed by atoms with Crippen molar-refractivity contribution >= 4 is 33.3 Å². The van der Waals surface area contributed by atoms with Crippen LogP contribution >= 0.6 is 23.1 Å². The van der Waals surface area contributed by atoms with Gasteiger partial charge in [-0.05, 0) is 59.7 Å². The van der Waals surface area contributed by atoms with Gasteiger partial charge in [0.1, 0.15) is 17.0 Å². The average Bonchev–Trinajstić information content (AvgIpc) is 3.55. The summed E-state index contributed by atoms with van der Waals surface area (Å²) in [5, 5.41) is 5.87. The van der Waals surface area contributed by atoms with Crippen molar-refractivity contribution in [3.63, 3.8) is 0 Å². The van der Waals surface area contributed by atoms with Crippen molar-refractivity contribution in [2.45, 2.75) is 18.0 Å². The van der Waals surface area contributed by atoms with Crippen molar-refractivity contribution in [1.82, 2.24) is 19.3 Å². The molecule has 3 aromatic heterocycles. The number of fused-ring (bicyclic) bond motifs is 1. The fourth-order valence-electron chi connectivity index (χ4n) is 3.65. The highest BCUT2D eigenvalue weighted by molar-refractivity contribution is 7.98. The quantitative estimate of drug-likeness (QED) is 0.316. The summed E-state index contributed by atoms with van der Waals surface area (Å²) >= 11 is 2.95. The number of aromatic nitrogens is 4. The minimum absolute atomic E-state index is 0.0604. The molecule has 0 fully saturated rings. The van der Waals surface area contributed by atoms with Gasteiger partial charge in [0.2, 0.25) is 11.7 Å². The molecule has 0 unspecified atom stereocenters. The highest BCUT2D eigenvalue weighted by Gasteiger charge is 2.17. The molecule has 172 valence electrons. The number of nitrogens with zero attached hydrogens (tertiary/aromatic N) is 4. The Morgan fingerprint density at radius 1 is 1.00 bits per heavy atom. The summed E-state index contributed by atoms with van der Waals surface area (Å²) in [6, 6.07) is 16.9. The van der Waals surface area contributed by atoms with Crippen molar-refractivity contribution in [3.8, 4) is 17.1 Å². The van der Waals surface area contributed by atoms with E-state index in [0.29, 0.717) is 21.8 Å². The molecule has 0 bridgehead atoms. The Hall–Kier alpha value is -3.63. The van der Waals surface area contributed by atoms with Crippen molar-refractivity contribution in [1.29, 1.82) is 0 Å². The zero-order valence-electron chi connectivity index (χ0n) is 18.4. The van der Waals surface area contributed by atoms with Crippen LogP contribution in [0.3, 0.4) is 0 Å². The van der Waals surface area contributed by atoms with Crippen molar-refractivity contribution in [3.05, 3.63) is 92.3 Å². The van der Waals surface area contributed by atoms with E-state index in [4.69, 9.17) is 9.26 Å². The molecule has 0 aliphatic rings. The van der Waals surface area contributed by atoms with Crippen LogP contribution < -0.4 is 16.0 Å². The minimum atomic E-state index is -0.434. The molecule has 0 saturated heterocycles. The number of rotatable bonds is 7. The minimum Gasteiger partial charge on any atom is -0.497 e. The van der Waals surface area contributed by atoms with Gasteiger partial charge in [0, 0.05) is 10.5 Å². The number of methoxy groups -OCH3 is 1. The molecule has 0 aliphatic heterocycles. The Morgan fingerprint density at radius 3 is 2.47 bits per heavy atom. The van der Waals surface area contributed by atoms with Gasteiger partial charge in [-0.1, -0.05) is 17.3 Å². The molecule has 34 heavy (non-hydrogen) atoms. The van der Waals surface area contributed by atoms with E-state index in [2.05, 4.69) is 10.1 Å². The Labute approximate surface area is 202 Å². The molecular formula is C24H20N4O4S2. The highest BCUT2D eigenvalue weighted by atomic mass is 32.2. The Bertz CT molecular complexity index is 1560. The third-order valence-electron chi connectivity index (χ3n) is 5.45. The summed E-state index contributed by atoms with van der Waals surface area (Å²) in [5.74, 6) is 1.44. The number of hydrogen-bond donors (Lipinski definition) is 0. The molecule has 0 radical (unpaired) electrons. The van der Waals surface area contributed by atoms with Gasteiger partial charge >= 0.3 is 5.69 Å². The Morgan fingerprint density at radius 2 is 1.76 bits per heavy atom. The van der Waals surface area contributed by atoms with Crippen molar-refractivity contribution in [2.75, 3.05) is 13.4 Å². The molecule has 0 N–H and O–H groups in total. The van der Waals surface area contributed by atoms with Crippen molar-refractivity contribution in [2.24, 2.45) is 0 Å². The van der Waals surface area contributed by atoms with Crippen LogP contribution in [0.5, 0.6) is 5.75 Å². The Kier molecular flexibility index (Phi) is 6.08. The average molecular weight is 493 g/mol. The topological polar surface area (TPSA) is 92.2 Å². The maximum absolute atomic E-state index is 13.4. The second-order valence-corrected chi connectivity index (χ2v) is 9.28. The predicted molar refractivity (Wildman–Crippen MR) is 133 cm³/mol. The van der Waals surface area contributed by atoms with E-state index in [1.165, 1.54) is 20.5 Å². The maximum Gasteiger partial charge on any atom is 0.332 e. The van der Waals surface area contributed by atoms with Gasteiger partial charge in [-0.3, -0.25) is 13.9 Å². The van der Waals surface area contributed by atoms with E-state index in [1.807, 2.05) is 42.7 Å². The molecule has 5 rings (SSSR count). The van der Waals surface area contributed by atoms with Gasteiger partial charge in [0.05, 0.1) is 19.2 Å². The fraction of sp³-hybridized carbons (Fsp3) is 0.167. The van der Waals surface area contributed by atoms with E-state index in [0.717, 1.165) is 16.0 Å². The summed E-state index contributed by atoms with van der Waals surface area (Å²) in [5.41, 5.74) is 1.44. The van der Waals surface area contributed by atoms with Crippen LogP contribution in [-0.4, -0.2) is 32.6 Å². The first-order chi connectivity index (χ1) is 16.6. The normalized spacial score (nSPS) is 11.2. The van der Waals surface area contributed by atoms with Gasteiger partial charge in [-0.25, -0.2) is 4.79 Å². The first kappa shape index (κ1) is 22.2. The molecule has 0 aliphatic carbocycles. The maximum atomic E-state index is 13.4. The van der Waals surface area contributed by atoms with Crippen molar-refractivity contribution < 1.29 is 9.26 Å². The molecule has 10 heteroatoms. The number of thioether (sulfide) groups is 1. The third kappa shape index (κ3) is 4.17. The summed E-state index contributed by atoms with van der Waals surface area (Å²) < 4.78 is 13.9. The zero-order valence-corrected chi connectivity index (χ0v) is 20.1. The molecule has 3 heterocycles. The van der Waals surface area contributed by atoms with Crippen LogP contribution in [0.1, 0.15) is 11.5 Å². The zero-order chi connectivity index (χ0) is 23.7. The number of benzene rings is 2. The largest absolute Gasteiger partial charge is 0.497 e. The smallest absolute Gasteiger partial charge is 0.332 e. The number of thiophene rings is 1. The lowest BCUT2D eigenvalue weighted by atomic mass is 10.2. The van der Waals surface area contributed by atoms with E-state index >= 15 is 0 Å². The second kappa shape index (κ2) is 9.32. The molecular weight excluding hydrogens is 472 g/mol.